The first-order chi connectivity index (χ1) is 9.95. The van der Waals surface area contributed by atoms with Crippen LogP contribution in [0.15, 0.2) is 29.2 Å². The standard InChI is InChI=1S/C15H20ClNO3S/c16-21(19,20)14-9-7-13(8-10-14)17-15(18)11-12-5-3-1-2-4-6-12/h7-10,12H,1-6,11H2,(H,17,18). The molecule has 0 spiro atoms. The second-order valence-corrected chi connectivity index (χ2v) is 8.14. The Kier molecular flexibility index (Phi) is 5.65. The number of carbonyl (C=O) groups excluding carboxylic acids is 1. The van der Waals surface area contributed by atoms with E-state index in [9.17, 15) is 13.2 Å². The molecule has 1 aromatic rings. The molecule has 1 aliphatic carbocycles. The molecular weight excluding hydrogens is 310 g/mol. The van der Waals surface area contributed by atoms with Crippen molar-refractivity contribution in [3.05, 3.63) is 24.3 Å². The Balaban J connectivity index is 1.90. The number of anilines is 1. The number of hydrogen-bond donors (Lipinski definition) is 1. The van der Waals surface area contributed by atoms with Crippen LogP contribution in [0.4, 0.5) is 5.69 Å². The van der Waals surface area contributed by atoms with Crippen LogP contribution in [0.5, 0.6) is 0 Å². The maximum Gasteiger partial charge on any atom is 0.261 e. The normalized spacial score (nSPS) is 17.2. The van der Waals surface area contributed by atoms with Crippen LogP contribution in [-0.4, -0.2) is 14.3 Å². The molecule has 0 heterocycles. The van der Waals surface area contributed by atoms with Crippen molar-refractivity contribution in [1.82, 2.24) is 0 Å². The van der Waals surface area contributed by atoms with Gasteiger partial charge in [0, 0.05) is 22.8 Å². The number of halogens is 1. The van der Waals surface area contributed by atoms with E-state index in [1.54, 1.807) is 12.1 Å². The molecule has 0 aromatic heterocycles. The van der Waals surface area contributed by atoms with Crippen molar-refractivity contribution in [2.24, 2.45) is 5.92 Å². The third kappa shape index (κ3) is 5.32. The van der Waals surface area contributed by atoms with Crippen LogP contribution in [0, 0.1) is 5.92 Å². The number of hydrogen-bond acceptors (Lipinski definition) is 3. The van der Waals surface area contributed by atoms with Gasteiger partial charge in [-0.1, -0.05) is 25.7 Å². The molecule has 1 fully saturated rings. The Morgan fingerprint density at radius 1 is 1.10 bits per heavy atom. The molecule has 116 valence electrons. The number of carbonyl (C=O) groups is 1. The zero-order valence-corrected chi connectivity index (χ0v) is 13.4. The van der Waals surface area contributed by atoms with E-state index in [1.165, 1.54) is 37.8 Å². The van der Waals surface area contributed by atoms with E-state index in [4.69, 9.17) is 10.7 Å². The SMILES string of the molecule is O=C(CC1CCCCCC1)Nc1ccc(S(=O)(=O)Cl)cc1. The summed E-state index contributed by atoms with van der Waals surface area (Å²) < 4.78 is 22.3. The highest BCUT2D eigenvalue weighted by Gasteiger charge is 2.16. The van der Waals surface area contributed by atoms with Crippen LogP contribution in [0.3, 0.4) is 0 Å². The molecule has 1 amide bonds. The van der Waals surface area contributed by atoms with Crippen LogP contribution in [0.2, 0.25) is 0 Å². The molecule has 6 heteroatoms. The van der Waals surface area contributed by atoms with E-state index in [0.717, 1.165) is 12.8 Å². The van der Waals surface area contributed by atoms with Crippen molar-refractivity contribution in [3.8, 4) is 0 Å². The van der Waals surface area contributed by atoms with Crippen LogP contribution in [0.1, 0.15) is 44.9 Å². The van der Waals surface area contributed by atoms with Gasteiger partial charge in [0.25, 0.3) is 9.05 Å². The topological polar surface area (TPSA) is 63.2 Å². The fourth-order valence-electron chi connectivity index (χ4n) is 2.74. The van der Waals surface area contributed by atoms with Crippen LogP contribution < -0.4 is 5.32 Å². The molecular formula is C15H20ClNO3S. The second kappa shape index (κ2) is 7.27. The Morgan fingerprint density at radius 3 is 2.19 bits per heavy atom. The third-order valence-electron chi connectivity index (χ3n) is 3.87. The molecule has 0 bridgehead atoms. The van der Waals surface area contributed by atoms with Gasteiger partial charge in [-0.3, -0.25) is 4.79 Å². The van der Waals surface area contributed by atoms with Crippen LogP contribution >= 0.6 is 10.7 Å². The Labute approximate surface area is 130 Å². The van der Waals surface area contributed by atoms with Gasteiger partial charge in [0.05, 0.1) is 4.90 Å². The van der Waals surface area contributed by atoms with Crippen molar-refractivity contribution in [1.29, 1.82) is 0 Å². The molecule has 0 saturated heterocycles. The van der Waals surface area contributed by atoms with E-state index < -0.39 is 9.05 Å². The van der Waals surface area contributed by atoms with Gasteiger partial charge in [0.1, 0.15) is 0 Å². The molecule has 0 aliphatic heterocycles. The lowest BCUT2D eigenvalue weighted by atomic mass is 9.96. The highest BCUT2D eigenvalue weighted by atomic mass is 35.7. The maximum atomic E-state index is 12.0. The van der Waals surface area contributed by atoms with Crippen LogP contribution in [-0.2, 0) is 13.8 Å². The van der Waals surface area contributed by atoms with Gasteiger partial charge in [0.2, 0.25) is 5.91 Å². The van der Waals surface area contributed by atoms with Crippen molar-refractivity contribution in [2.45, 2.75) is 49.8 Å². The van der Waals surface area contributed by atoms with Gasteiger partial charge < -0.3 is 5.32 Å². The zero-order valence-electron chi connectivity index (χ0n) is 11.8. The minimum Gasteiger partial charge on any atom is -0.326 e. The quantitative estimate of drug-likeness (QED) is 0.672. The second-order valence-electron chi connectivity index (χ2n) is 5.57. The van der Waals surface area contributed by atoms with Crippen molar-refractivity contribution < 1.29 is 13.2 Å². The van der Waals surface area contributed by atoms with Crippen LogP contribution in [0.25, 0.3) is 0 Å². The number of amides is 1. The maximum absolute atomic E-state index is 12.0. The Morgan fingerprint density at radius 2 is 1.67 bits per heavy atom. The average molecular weight is 330 g/mol. The van der Waals surface area contributed by atoms with Gasteiger partial charge >= 0.3 is 0 Å². The third-order valence-corrected chi connectivity index (χ3v) is 5.24. The molecule has 4 nitrogen and oxygen atoms in total. The number of benzene rings is 1. The smallest absolute Gasteiger partial charge is 0.261 e. The van der Waals surface area contributed by atoms with E-state index in [2.05, 4.69) is 5.32 Å². The molecule has 0 atom stereocenters. The molecule has 1 aliphatic rings. The minimum atomic E-state index is -3.72. The highest BCUT2D eigenvalue weighted by molar-refractivity contribution is 8.13. The summed E-state index contributed by atoms with van der Waals surface area (Å²) in [6, 6.07) is 5.90. The van der Waals surface area contributed by atoms with Gasteiger partial charge in [-0.15, -0.1) is 0 Å². The van der Waals surface area contributed by atoms with Crippen molar-refractivity contribution in [3.63, 3.8) is 0 Å². The molecule has 21 heavy (non-hydrogen) atoms. The largest absolute Gasteiger partial charge is 0.326 e. The zero-order chi connectivity index (χ0) is 15.3. The van der Waals surface area contributed by atoms with Crippen molar-refractivity contribution >= 4 is 31.3 Å². The predicted molar refractivity (Wildman–Crippen MR) is 83.9 cm³/mol. The Bertz CT molecular complexity index is 575. The van der Waals surface area contributed by atoms with Gasteiger partial charge in [-0.2, -0.15) is 0 Å². The fraction of sp³-hybridized carbons (Fsp3) is 0.533. The van der Waals surface area contributed by atoms with Gasteiger partial charge in [-0.05, 0) is 43.0 Å². The van der Waals surface area contributed by atoms with Crippen molar-refractivity contribution in [2.75, 3.05) is 5.32 Å². The van der Waals surface area contributed by atoms with E-state index in [-0.39, 0.29) is 10.8 Å². The van der Waals surface area contributed by atoms with E-state index >= 15 is 0 Å². The summed E-state index contributed by atoms with van der Waals surface area (Å²) in [6.45, 7) is 0. The first-order valence-corrected chi connectivity index (χ1v) is 9.60. The first kappa shape index (κ1) is 16.3. The molecule has 0 unspecified atom stereocenters. The lowest BCUT2D eigenvalue weighted by molar-refractivity contribution is -0.117. The summed E-state index contributed by atoms with van der Waals surface area (Å²) in [7, 11) is 1.53. The summed E-state index contributed by atoms with van der Waals surface area (Å²) in [5.41, 5.74) is 0.595. The highest BCUT2D eigenvalue weighted by Crippen LogP contribution is 2.26. The lowest BCUT2D eigenvalue weighted by Gasteiger charge is -2.13. The summed E-state index contributed by atoms with van der Waals surface area (Å²) >= 11 is 0. The summed E-state index contributed by atoms with van der Waals surface area (Å²) in [4.78, 5) is 12.1. The number of rotatable bonds is 4. The Hall–Kier alpha value is -1.07. The average Bonchev–Trinajstić information content (AvgIpc) is 2.67. The monoisotopic (exact) mass is 329 g/mol. The van der Waals surface area contributed by atoms with Gasteiger partial charge in [0.15, 0.2) is 0 Å². The fourth-order valence-corrected chi connectivity index (χ4v) is 3.51. The predicted octanol–water partition coefficient (Wildman–Crippen LogP) is 3.91. The van der Waals surface area contributed by atoms with Gasteiger partial charge in [-0.25, -0.2) is 8.42 Å². The molecule has 1 aromatic carbocycles. The molecule has 1 N–H and O–H groups in total. The van der Waals surface area contributed by atoms with E-state index in [1.807, 2.05) is 0 Å². The summed E-state index contributed by atoms with van der Waals surface area (Å²) in [6.07, 6.45) is 7.74. The molecule has 2 rings (SSSR count). The molecule has 0 radical (unpaired) electrons. The summed E-state index contributed by atoms with van der Waals surface area (Å²) in [5.74, 6) is 0.457. The molecule has 1 saturated carbocycles. The first-order valence-electron chi connectivity index (χ1n) is 7.30. The number of nitrogens with one attached hydrogen (secondary N) is 1. The minimum absolute atomic E-state index is 0.0108. The van der Waals surface area contributed by atoms with E-state index in [0.29, 0.717) is 18.0 Å². The summed E-state index contributed by atoms with van der Waals surface area (Å²) in [5, 5.41) is 2.81. The lowest BCUT2D eigenvalue weighted by Crippen LogP contribution is -2.16.